The minimum Gasteiger partial charge on any atom is -0.455 e. The van der Waals surface area contributed by atoms with Crippen molar-refractivity contribution in [2.24, 2.45) is 0 Å². The van der Waals surface area contributed by atoms with E-state index in [2.05, 4.69) is 162 Å². The van der Waals surface area contributed by atoms with Crippen molar-refractivity contribution >= 4 is 43.7 Å². The summed E-state index contributed by atoms with van der Waals surface area (Å²) in [5, 5.41) is 4.70. The number of nitrogens with zero attached hydrogens (tertiary/aromatic N) is 3. The lowest BCUT2D eigenvalue weighted by molar-refractivity contribution is 0.670. The van der Waals surface area contributed by atoms with Gasteiger partial charge in [0.25, 0.3) is 0 Å². The zero-order chi connectivity index (χ0) is 33.0. The molecular formula is C46H29N3O. The van der Waals surface area contributed by atoms with Crippen LogP contribution in [0.2, 0.25) is 0 Å². The number of benzene rings is 7. The smallest absolute Gasteiger partial charge is 0.160 e. The van der Waals surface area contributed by atoms with E-state index < -0.39 is 0 Å². The van der Waals surface area contributed by atoms with Crippen LogP contribution in [-0.4, -0.2) is 14.5 Å². The molecule has 7 aromatic carbocycles. The number of hydrogen-bond acceptors (Lipinski definition) is 3. The minimum atomic E-state index is 0.673. The highest BCUT2D eigenvalue weighted by atomic mass is 16.3. The Bertz CT molecular complexity index is 2810. The van der Waals surface area contributed by atoms with E-state index in [0.717, 1.165) is 77.9 Å². The Kier molecular flexibility index (Phi) is 6.46. The molecule has 234 valence electrons. The third-order valence-electron chi connectivity index (χ3n) is 9.66. The standard InChI is InChI=1S/C46H29N3O/c1-2-13-31(14-3-1)39-29-40(38-18-6-10-23-43(38)49-41-21-8-4-15-34(41)35-16-5-9-22-42(35)49)48-46(47-39)32-27-25-30(26-28-32)33-19-12-20-37-36-17-7-11-24-44(36)50-45(33)37/h1-29H. The highest BCUT2D eigenvalue weighted by Gasteiger charge is 2.18. The Balaban J connectivity index is 1.14. The summed E-state index contributed by atoms with van der Waals surface area (Å²) in [6.07, 6.45) is 0. The molecule has 3 heterocycles. The Morgan fingerprint density at radius 2 is 0.980 bits per heavy atom. The summed E-state index contributed by atoms with van der Waals surface area (Å²) >= 11 is 0. The molecule has 4 heteroatoms. The van der Waals surface area contributed by atoms with Gasteiger partial charge in [-0.1, -0.05) is 146 Å². The van der Waals surface area contributed by atoms with Crippen molar-refractivity contribution in [1.29, 1.82) is 0 Å². The van der Waals surface area contributed by atoms with Crippen molar-refractivity contribution in [3.63, 3.8) is 0 Å². The maximum absolute atomic E-state index is 6.35. The molecule has 0 saturated carbocycles. The molecule has 50 heavy (non-hydrogen) atoms. The summed E-state index contributed by atoms with van der Waals surface area (Å²) in [6, 6.07) is 61.3. The Labute approximate surface area is 288 Å². The average molecular weight is 640 g/mol. The second kappa shape index (κ2) is 11.4. The second-order valence-electron chi connectivity index (χ2n) is 12.6. The van der Waals surface area contributed by atoms with Crippen LogP contribution in [0.15, 0.2) is 180 Å². The van der Waals surface area contributed by atoms with Crippen molar-refractivity contribution in [2.45, 2.75) is 0 Å². The van der Waals surface area contributed by atoms with Crippen LogP contribution in [0.25, 0.3) is 94.5 Å². The molecule has 10 rings (SSSR count). The SMILES string of the molecule is c1ccc(-c2cc(-c3ccccc3-n3c4ccccc4c4ccccc43)nc(-c3ccc(-c4cccc5c4oc4ccccc45)cc3)n2)cc1. The summed E-state index contributed by atoms with van der Waals surface area (Å²) < 4.78 is 8.71. The van der Waals surface area contributed by atoms with Crippen LogP contribution in [0.1, 0.15) is 0 Å². The van der Waals surface area contributed by atoms with Gasteiger partial charge in [0.05, 0.1) is 28.1 Å². The second-order valence-corrected chi connectivity index (χ2v) is 12.6. The summed E-state index contributed by atoms with van der Waals surface area (Å²) in [6.45, 7) is 0. The van der Waals surface area contributed by atoms with Crippen LogP contribution in [0.4, 0.5) is 0 Å². The van der Waals surface area contributed by atoms with E-state index in [9.17, 15) is 0 Å². The van der Waals surface area contributed by atoms with Crippen LogP contribution in [-0.2, 0) is 0 Å². The number of aromatic nitrogens is 3. The summed E-state index contributed by atoms with van der Waals surface area (Å²) in [4.78, 5) is 10.4. The molecule has 0 N–H and O–H groups in total. The first kappa shape index (κ1) is 28.3. The van der Waals surface area contributed by atoms with Crippen molar-refractivity contribution in [3.8, 4) is 50.7 Å². The van der Waals surface area contributed by atoms with Crippen LogP contribution < -0.4 is 0 Å². The maximum atomic E-state index is 6.35. The van der Waals surface area contributed by atoms with E-state index in [4.69, 9.17) is 14.4 Å². The van der Waals surface area contributed by atoms with Crippen LogP contribution >= 0.6 is 0 Å². The lowest BCUT2D eigenvalue weighted by atomic mass is 10.0. The first-order valence-electron chi connectivity index (χ1n) is 16.8. The fourth-order valence-corrected chi connectivity index (χ4v) is 7.31. The van der Waals surface area contributed by atoms with Gasteiger partial charge in [0.2, 0.25) is 0 Å². The highest BCUT2D eigenvalue weighted by Crippen LogP contribution is 2.38. The van der Waals surface area contributed by atoms with E-state index in [1.54, 1.807) is 0 Å². The molecule has 0 atom stereocenters. The van der Waals surface area contributed by atoms with Gasteiger partial charge in [-0.2, -0.15) is 0 Å². The molecule has 0 aliphatic rings. The average Bonchev–Trinajstić information content (AvgIpc) is 3.74. The van der Waals surface area contributed by atoms with E-state index in [1.165, 1.54) is 10.8 Å². The first-order valence-corrected chi connectivity index (χ1v) is 16.8. The van der Waals surface area contributed by atoms with Crippen LogP contribution in [0.3, 0.4) is 0 Å². The van der Waals surface area contributed by atoms with E-state index >= 15 is 0 Å². The Morgan fingerprint density at radius 1 is 0.400 bits per heavy atom. The van der Waals surface area contributed by atoms with Gasteiger partial charge in [-0.05, 0) is 35.9 Å². The predicted molar refractivity (Wildman–Crippen MR) is 205 cm³/mol. The fraction of sp³-hybridized carbons (Fsp3) is 0. The van der Waals surface area contributed by atoms with Gasteiger partial charge >= 0.3 is 0 Å². The summed E-state index contributed by atoms with van der Waals surface area (Å²) in [5.41, 5.74) is 12.1. The molecule has 0 radical (unpaired) electrons. The van der Waals surface area contributed by atoms with Gasteiger partial charge in [0, 0.05) is 43.8 Å². The lowest BCUT2D eigenvalue weighted by Gasteiger charge is -2.15. The monoisotopic (exact) mass is 639 g/mol. The fourth-order valence-electron chi connectivity index (χ4n) is 7.31. The predicted octanol–water partition coefficient (Wildman–Crippen LogP) is 12.1. The van der Waals surface area contributed by atoms with Crippen LogP contribution in [0.5, 0.6) is 0 Å². The number of para-hydroxylation sites is 5. The van der Waals surface area contributed by atoms with Gasteiger partial charge in [-0.3, -0.25) is 0 Å². The molecule has 0 aliphatic heterocycles. The third-order valence-corrected chi connectivity index (χ3v) is 9.66. The topological polar surface area (TPSA) is 43.9 Å². The first-order chi connectivity index (χ1) is 24.8. The molecule has 0 unspecified atom stereocenters. The molecular weight excluding hydrogens is 611 g/mol. The molecule has 0 aliphatic carbocycles. The van der Waals surface area contributed by atoms with Crippen molar-refractivity contribution in [2.75, 3.05) is 0 Å². The molecule has 10 aromatic rings. The van der Waals surface area contributed by atoms with Gasteiger partial charge in [0.15, 0.2) is 5.82 Å². The molecule has 4 nitrogen and oxygen atoms in total. The van der Waals surface area contributed by atoms with Gasteiger partial charge in [-0.25, -0.2) is 9.97 Å². The van der Waals surface area contributed by atoms with E-state index in [1.807, 2.05) is 18.2 Å². The molecule has 3 aromatic heterocycles. The van der Waals surface area contributed by atoms with Gasteiger partial charge in [-0.15, -0.1) is 0 Å². The Morgan fingerprint density at radius 3 is 1.76 bits per heavy atom. The zero-order valence-corrected chi connectivity index (χ0v) is 27.0. The molecule has 0 fully saturated rings. The molecule has 0 amide bonds. The Hall–Kier alpha value is -6.78. The normalized spacial score (nSPS) is 11.6. The van der Waals surface area contributed by atoms with Gasteiger partial charge < -0.3 is 8.98 Å². The number of furan rings is 1. The van der Waals surface area contributed by atoms with Crippen molar-refractivity contribution in [3.05, 3.63) is 176 Å². The minimum absolute atomic E-state index is 0.673. The lowest BCUT2D eigenvalue weighted by Crippen LogP contribution is -2.00. The number of rotatable bonds is 5. The highest BCUT2D eigenvalue weighted by molar-refractivity contribution is 6.10. The number of hydrogen-bond donors (Lipinski definition) is 0. The third kappa shape index (κ3) is 4.54. The molecule has 0 saturated heterocycles. The maximum Gasteiger partial charge on any atom is 0.160 e. The largest absolute Gasteiger partial charge is 0.455 e. The quantitative estimate of drug-likeness (QED) is 0.188. The van der Waals surface area contributed by atoms with Crippen LogP contribution in [0, 0.1) is 0 Å². The van der Waals surface area contributed by atoms with Gasteiger partial charge in [0.1, 0.15) is 11.2 Å². The molecule has 0 bridgehead atoms. The van der Waals surface area contributed by atoms with Crippen molar-refractivity contribution < 1.29 is 4.42 Å². The summed E-state index contributed by atoms with van der Waals surface area (Å²) in [5.74, 6) is 0.673. The van der Waals surface area contributed by atoms with Crippen molar-refractivity contribution in [1.82, 2.24) is 14.5 Å². The van der Waals surface area contributed by atoms with E-state index in [0.29, 0.717) is 5.82 Å². The molecule has 0 spiro atoms. The number of fused-ring (bicyclic) bond motifs is 6. The zero-order valence-electron chi connectivity index (χ0n) is 27.0. The summed E-state index contributed by atoms with van der Waals surface area (Å²) in [7, 11) is 0. The van der Waals surface area contributed by atoms with E-state index in [-0.39, 0.29) is 0 Å².